The second-order valence-corrected chi connectivity index (χ2v) is 9.46. The van der Waals surface area contributed by atoms with Gasteiger partial charge in [0.2, 0.25) is 5.75 Å². The Bertz CT molecular complexity index is 1050. The fourth-order valence-electron chi connectivity index (χ4n) is 4.10. The highest BCUT2D eigenvalue weighted by Gasteiger charge is 2.30. The van der Waals surface area contributed by atoms with Gasteiger partial charge in [0.15, 0.2) is 17.2 Å². The fourth-order valence-corrected chi connectivity index (χ4v) is 4.10. The Hall–Kier alpha value is -3.42. The predicted molar refractivity (Wildman–Crippen MR) is 136 cm³/mol. The van der Waals surface area contributed by atoms with Crippen molar-refractivity contribution in [2.45, 2.75) is 73.0 Å². The number of methoxy groups -OCH3 is 1. The molecular formula is C28H37NO7. The Morgan fingerprint density at radius 3 is 2.11 bits per heavy atom. The Kier molecular flexibility index (Phi) is 10.4. The SMILES string of the molecule is COc1ccnc(C(=O)C[C@@H](C)C(=O)O[C@@H](C)[C@H](c2ccc(OC(C)C)cc2)C(C)C)c1OC(C)=O. The van der Waals surface area contributed by atoms with Crippen molar-refractivity contribution in [3.8, 4) is 17.2 Å². The average Bonchev–Trinajstić information content (AvgIpc) is 2.79. The highest BCUT2D eigenvalue weighted by Crippen LogP contribution is 2.33. The van der Waals surface area contributed by atoms with Gasteiger partial charge in [-0.3, -0.25) is 14.4 Å². The van der Waals surface area contributed by atoms with Crippen LogP contribution in [0.4, 0.5) is 0 Å². The van der Waals surface area contributed by atoms with Crippen LogP contribution in [0.2, 0.25) is 0 Å². The van der Waals surface area contributed by atoms with Gasteiger partial charge in [0, 0.05) is 31.5 Å². The molecule has 0 aliphatic rings. The number of aromatic nitrogens is 1. The van der Waals surface area contributed by atoms with Crippen molar-refractivity contribution in [1.29, 1.82) is 0 Å². The zero-order valence-corrected chi connectivity index (χ0v) is 22.4. The van der Waals surface area contributed by atoms with E-state index in [1.807, 2.05) is 45.0 Å². The van der Waals surface area contributed by atoms with Crippen LogP contribution < -0.4 is 14.2 Å². The number of esters is 2. The minimum atomic E-state index is -0.729. The monoisotopic (exact) mass is 499 g/mol. The first-order valence-corrected chi connectivity index (χ1v) is 12.2. The number of rotatable bonds is 12. The first-order chi connectivity index (χ1) is 16.9. The average molecular weight is 500 g/mol. The number of nitrogens with zero attached hydrogens (tertiary/aromatic N) is 1. The van der Waals surface area contributed by atoms with Crippen molar-refractivity contribution in [2.75, 3.05) is 7.11 Å². The minimum Gasteiger partial charge on any atom is -0.493 e. The summed E-state index contributed by atoms with van der Waals surface area (Å²) < 4.78 is 21.9. The molecule has 0 fully saturated rings. The Labute approximate surface area is 213 Å². The van der Waals surface area contributed by atoms with E-state index in [4.69, 9.17) is 18.9 Å². The number of carbonyl (C=O) groups is 3. The van der Waals surface area contributed by atoms with Crippen LogP contribution in [0.1, 0.15) is 76.9 Å². The molecule has 0 spiro atoms. The van der Waals surface area contributed by atoms with Crippen molar-refractivity contribution < 1.29 is 33.3 Å². The van der Waals surface area contributed by atoms with E-state index >= 15 is 0 Å². The van der Waals surface area contributed by atoms with Crippen LogP contribution in [0.5, 0.6) is 17.2 Å². The molecule has 1 heterocycles. The summed E-state index contributed by atoms with van der Waals surface area (Å²) in [6, 6.07) is 9.31. The number of benzene rings is 1. The van der Waals surface area contributed by atoms with Crippen LogP contribution >= 0.6 is 0 Å². The van der Waals surface area contributed by atoms with Gasteiger partial charge in [-0.15, -0.1) is 0 Å². The number of ether oxygens (including phenoxy) is 4. The van der Waals surface area contributed by atoms with Gasteiger partial charge in [0.05, 0.1) is 19.1 Å². The number of hydrogen-bond donors (Lipinski definition) is 0. The van der Waals surface area contributed by atoms with Crippen LogP contribution in [-0.2, 0) is 14.3 Å². The molecule has 0 saturated heterocycles. The molecule has 8 nitrogen and oxygen atoms in total. The highest BCUT2D eigenvalue weighted by atomic mass is 16.6. The third-order valence-corrected chi connectivity index (χ3v) is 5.65. The summed E-state index contributed by atoms with van der Waals surface area (Å²) >= 11 is 0. The summed E-state index contributed by atoms with van der Waals surface area (Å²) in [5, 5.41) is 0. The van der Waals surface area contributed by atoms with Crippen LogP contribution in [0.15, 0.2) is 36.5 Å². The zero-order valence-electron chi connectivity index (χ0n) is 22.4. The third kappa shape index (κ3) is 7.80. The molecule has 8 heteroatoms. The first-order valence-electron chi connectivity index (χ1n) is 12.2. The van der Waals surface area contributed by atoms with Gasteiger partial charge < -0.3 is 18.9 Å². The van der Waals surface area contributed by atoms with Crippen molar-refractivity contribution in [3.05, 3.63) is 47.8 Å². The summed E-state index contributed by atoms with van der Waals surface area (Å²) in [5.41, 5.74) is 0.970. The Morgan fingerprint density at radius 1 is 0.944 bits per heavy atom. The molecule has 0 bridgehead atoms. The second kappa shape index (κ2) is 13.0. The van der Waals surface area contributed by atoms with E-state index in [2.05, 4.69) is 18.8 Å². The molecule has 0 N–H and O–H groups in total. The smallest absolute Gasteiger partial charge is 0.309 e. The lowest BCUT2D eigenvalue weighted by molar-refractivity contribution is -0.154. The standard InChI is InChI=1S/C28H37NO7/c1-16(2)25(21-9-11-22(12-10-21)34-17(3)4)19(6)35-28(32)18(5)15-23(31)26-27(36-20(7)30)24(33-8)13-14-29-26/h9-14,16-19,25H,15H2,1-8H3/t18-,19+,25-/m1/s1. The van der Waals surface area contributed by atoms with Gasteiger partial charge in [-0.05, 0) is 44.4 Å². The lowest BCUT2D eigenvalue weighted by atomic mass is 9.84. The lowest BCUT2D eigenvalue weighted by Gasteiger charge is -2.29. The van der Waals surface area contributed by atoms with Crippen molar-refractivity contribution >= 4 is 17.7 Å². The van der Waals surface area contributed by atoms with E-state index in [-0.39, 0.29) is 41.6 Å². The summed E-state index contributed by atoms with van der Waals surface area (Å²) in [6.07, 6.45) is 0.888. The number of ketones is 1. The summed E-state index contributed by atoms with van der Waals surface area (Å²) in [6.45, 7) is 12.8. The van der Waals surface area contributed by atoms with Crippen molar-refractivity contribution in [1.82, 2.24) is 4.98 Å². The molecule has 0 aliphatic heterocycles. The molecule has 0 aliphatic carbocycles. The lowest BCUT2D eigenvalue weighted by Crippen LogP contribution is -2.29. The van der Waals surface area contributed by atoms with E-state index in [1.165, 1.54) is 26.3 Å². The van der Waals surface area contributed by atoms with Gasteiger partial charge in [-0.2, -0.15) is 0 Å². The molecule has 2 aromatic rings. The van der Waals surface area contributed by atoms with Crippen LogP contribution in [0, 0.1) is 11.8 Å². The highest BCUT2D eigenvalue weighted by molar-refractivity contribution is 5.99. The molecule has 2 rings (SSSR count). The maximum absolute atomic E-state index is 13.0. The van der Waals surface area contributed by atoms with E-state index in [0.717, 1.165) is 11.3 Å². The molecule has 3 atom stereocenters. The molecule has 1 aromatic heterocycles. The predicted octanol–water partition coefficient (Wildman–Crippen LogP) is 5.38. The van der Waals surface area contributed by atoms with Gasteiger partial charge in [-0.25, -0.2) is 4.98 Å². The number of carbonyl (C=O) groups excluding carboxylic acids is 3. The molecule has 0 unspecified atom stereocenters. The molecule has 196 valence electrons. The van der Waals surface area contributed by atoms with Gasteiger partial charge >= 0.3 is 11.9 Å². The molecule has 36 heavy (non-hydrogen) atoms. The quantitative estimate of drug-likeness (QED) is 0.283. The maximum Gasteiger partial charge on any atom is 0.309 e. The Balaban J connectivity index is 2.12. The third-order valence-electron chi connectivity index (χ3n) is 5.65. The summed E-state index contributed by atoms with van der Waals surface area (Å²) in [7, 11) is 1.40. The summed E-state index contributed by atoms with van der Waals surface area (Å²) in [5.74, 6) is -1.19. The maximum atomic E-state index is 13.0. The van der Waals surface area contributed by atoms with Gasteiger partial charge in [-0.1, -0.05) is 32.9 Å². The van der Waals surface area contributed by atoms with E-state index < -0.39 is 29.7 Å². The first kappa shape index (κ1) is 28.8. The van der Waals surface area contributed by atoms with E-state index in [1.54, 1.807) is 6.92 Å². The normalized spacial score (nSPS) is 13.6. The molecular weight excluding hydrogens is 462 g/mol. The zero-order chi connectivity index (χ0) is 27.0. The number of Topliss-reactive ketones (excluding diaryl/α,β-unsaturated/α-hetero) is 1. The van der Waals surface area contributed by atoms with E-state index in [0.29, 0.717) is 0 Å². The number of pyridine rings is 1. The molecule has 0 amide bonds. The molecule has 1 aromatic carbocycles. The van der Waals surface area contributed by atoms with E-state index in [9.17, 15) is 14.4 Å². The van der Waals surface area contributed by atoms with Crippen molar-refractivity contribution in [2.24, 2.45) is 11.8 Å². The minimum absolute atomic E-state index is 0.0411. The van der Waals surface area contributed by atoms with Crippen molar-refractivity contribution in [3.63, 3.8) is 0 Å². The van der Waals surface area contributed by atoms with Crippen LogP contribution in [-0.4, -0.2) is 42.0 Å². The fraction of sp³-hybridized carbons (Fsp3) is 0.500. The van der Waals surface area contributed by atoms with Gasteiger partial charge in [0.25, 0.3) is 0 Å². The van der Waals surface area contributed by atoms with Crippen LogP contribution in [0.25, 0.3) is 0 Å². The van der Waals surface area contributed by atoms with Crippen LogP contribution in [0.3, 0.4) is 0 Å². The topological polar surface area (TPSA) is 101 Å². The number of hydrogen-bond acceptors (Lipinski definition) is 8. The largest absolute Gasteiger partial charge is 0.493 e. The van der Waals surface area contributed by atoms with Gasteiger partial charge in [0.1, 0.15) is 11.9 Å². The molecule has 0 saturated carbocycles. The Morgan fingerprint density at radius 2 is 1.58 bits per heavy atom. The second-order valence-electron chi connectivity index (χ2n) is 9.46. The molecule has 0 radical (unpaired) electrons. The summed E-state index contributed by atoms with van der Waals surface area (Å²) in [4.78, 5) is 41.4.